The fraction of sp³-hybridized carbons (Fsp3) is 0.0476. The molecule has 4 rings (SSSR count). The van der Waals surface area contributed by atoms with Gasteiger partial charge in [0.1, 0.15) is 5.82 Å². The molecule has 0 bridgehead atoms. The molecule has 4 aromatic rings. The largest absolute Gasteiger partial charge is 0.449 e. The van der Waals surface area contributed by atoms with Crippen LogP contribution in [0.1, 0.15) is 10.4 Å². The fourth-order valence-corrected chi connectivity index (χ4v) is 3.43. The first-order valence-electron chi connectivity index (χ1n) is 7.95. The van der Waals surface area contributed by atoms with Gasteiger partial charge in [-0.1, -0.05) is 52.2 Å². The summed E-state index contributed by atoms with van der Waals surface area (Å²) in [6.45, 7) is -0.0457. The Bertz CT molecular complexity index is 1190. The number of rotatable bonds is 3. The van der Waals surface area contributed by atoms with E-state index in [4.69, 9.17) is 11.2 Å². The first kappa shape index (κ1) is 16.4. The minimum atomic E-state index is -0.449. The van der Waals surface area contributed by atoms with E-state index in [9.17, 15) is 4.79 Å². The Hall–Kier alpha value is -3.10. The number of esters is 1. The van der Waals surface area contributed by atoms with Crippen LogP contribution in [0.4, 0.5) is 0 Å². The van der Waals surface area contributed by atoms with Crippen molar-refractivity contribution < 1.29 is 9.53 Å². The molecule has 0 aliphatic rings. The average molecular weight is 405 g/mol. The summed E-state index contributed by atoms with van der Waals surface area (Å²) in [5.41, 5.74) is 2.97. The van der Waals surface area contributed by atoms with Gasteiger partial charge >= 0.3 is 5.97 Å². The van der Waals surface area contributed by atoms with Gasteiger partial charge < -0.3 is 9.72 Å². The fourth-order valence-electron chi connectivity index (χ4n) is 2.93. The van der Waals surface area contributed by atoms with Crippen molar-refractivity contribution in [1.29, 1.82) is 0 Å². The van der Waals surface area contributed by atoms with Crippen LogP contribution in [-0.4, -0.2) is 22.5 Å². The van der Waals surface area contributed by atoms with E-state index >= 15 is 0 Å². The van der Waals surface area contributed by atoms with E-state index in [1.807, 2.05) is 24.3 Å². The van der Waals surface area contributed by atoms with Crippen molar-refractivity contribution in [1.82, 2.24) is 9.97 Å². The highest BCUT2D eigenvalue weighted by atomic mass is 79.9. The van der Waals surface area contributed by atoms with Gasteiger partial charge in [-0.15, -0.1) is 6.42 Å². The summed E-state index contributed by atoms with van der Waals surface area (Å²) in [4.78, 5) is 19.9. The van der Waals surface area contributed by atoms with Gasteiger partial charge in [-0.05, 0) is 35.0 Å². The molecule has 0 saturated heterocycles. The SMILES string of the molecule is C#CCOC(=O)c1ccc2nc(-c3cccc4c(Br)cccc34)[nH]c2c1. The first-order chi connectivity index (χ1) is 12.7. The summed E-state index contributed by atoms with van der Waals surface area (Å²) in [7, 11) is 0. The number of hydrogen-bond acceptors (Lipinski definition) is 3. The smallest absolute Gasteiger partial charge is 0.339 e. The molecule has 0 aliphatic heterocycles. The minimum Gasteiger partial charge on any atom is -0.449 e. The number of nitrogens with one attached hydrogen (secondary N) is 1. The number of fused-ring (bicyclic) bond motifs is 2. The number of terminal acetylenes is 1. The zero-order valence-electron chi connectivity index (χ0n) is 13.6. The number of halogens is 1. The number of ether oxygens (including phenoxy) is 1. The van der Waals surface area contributed by atoms with Crippen LogP contribution in [0.2, 0.25) is 0 Å². The lowest BCUT2D eigenvalue weighted by Gasteiger charge is -2.05. The third-order valence-electron chi connectivity index (χ3n) is 4.13. The summed E-state index contributed by atoms with van der Waals surface area (Å²) < 4.78 is 6.01. The molecular weight excluding hydrogens is 392 g/mol. The number of carbonyl (C=O) groups is 1. The van der Waals surface area contributed by atoms with Crippen LogP contribution in [0, 0.1) is 12.3 Å². The predicted molar refractivity (Wildman–Crippen MR) is 106 cm³/mol. The van der Waals surface area contributed by atoms with Crippen molar-refractivity contribution in [3.8, 4) is 23.7 Å². The quantitative estimate of drug-likeness (QED) is 0.388. The van der Waals surface area contributed by atoms with Crippen molar-refractivity contribution in [2.75, 3.05) is 6.61 Å². The third-order valence-corrected chi connectivity index (χ3v) is 4.82. The lowest BCUT2D eigenvalue weighted by atomic mass is 10.0. The van der Waals surface area contributed by atoms with Crippen molar-refractivity contribution in [2.45, 2.75) is 0 Å². The molecule has 3 aromatic carbocycles. The van der Waals surface area contributed by atoms with Crippen LogP contribution in [0.5, 0.6) is 0 Å². The van der Waals surface area contributed by atoms with Gasteiger partial charge in [0, 0.05) is 10.0 Å². The van der Waals surface area contributed by atoms with Crippen LogP contribution in [0.25, 0.3) is 33.2 Å². The number of aromatic amines is 1. The van der Waals surface area contributed by atoms with Crippen molar-refractivity contribution in [3.63, 3.8) is 0 Å². The molecule has 5 heteroatoms. The van der Waals surface area contributed by atoms with E-state index in [0.29, 0.717) is 5.56 Å². The Morgan fingerprint density at radius 1 is 1.15 bits per heavy atom. The first-order valence-corrected chi connectivity index (χ1v) is 8.74. The molecule has 0 fully saturated rings. The molecule has 0 amide bonds. The van der Waals surface area contributed by atoms with Gasteiger partial charge in [0.05, 0.1) is 16.6 Å². The highest BCUT2D eigenvalue weighted by Crippen LogP contribution is 2.32. The normalized spacial score (nSPS) is 10.8. The lowest BCUT2D eigenvalue weighted by molar-refractivity contribution is 0.0557. The second kappa shape index (κ2) is 6.66. The molecule has 0 spiro atoms. The van der Waals surface area contributed by atoms with Crippen LogP contribution in [0.3, 0.4) is 0 Å². The van der Waals surface area contributed by atoms with Gasteiger partial charge in [0.2, 0.25) is 0 Å². The van der Waals surface area contributed by atoms with Crippen molar-refractivity contribution in [2.24, 2.45) is 0 Å². The monoisotopic (exact) mass is 404 g/mol. The minimum absolute atomic E-state index is 0.0457. The number of benzene rings is 3. The van der Waals surface area contributed by atoms with Crippen LogP contribution in [0.15, 0.2) is 59.1 Å². The van der Waals surface area contributed by atoms with Gasteiger partial charge in [-0.3, -0.25) is 0 Å². The van der Waals surface area contributed by atoms with E-state index in [-0.39, 0.29) is 6.61 Å². The summed E-state index contributed by atoms with van der Waals surface area (Å²) in [6.07, 6.45) is 5.12. The lowest BCUT2D eigenvalue weighted by Crippen LogP contribution is -2.04. The second-order valence-corrected chi connectivity index (χ2v) is 6.59. The number of imidazole rings is 1. The molecule has 26 heavy (non-hydrogen) atoms. The topological polar surface area (TPSA) is 55.0 Å². The van der Waals surface area contributed by atoms with Gasteiger partial charge in [0.25, 0.3) is 0 Å². The molecule has 0 radical (unpaired) electrons. The highest BCUT2D eigenvalue weighted by molar-refractivity contribution is 9.10. The molecule has 0 saturated carbocycles. The Balaban J connectivity index is 1.80. The molecular formula is C21H13BrN2O2. The van der Waals surface area contributed by atoms with E-state index in [1.165, 1.54) is 0 Å². The molecule has 4 nitrogen and oxygen atoms in total. The van der Waals surface area contributed by atoms with Crippen LogP contribution in [-0.2, 0) is 4.74 Å². The highest BCUT2D eigenvalue weighted by Gasteiger charge is 2.12. The van der Waals surface area contributed by atoms with E-state index in [1.54, 1.807) is 18.2 Å². The summed E-state index contributed by atoms with van der Waals surface area (Å²) >= 11 is 3.59. The second-order valence-electron chi connectivity index (χ2n) is 5.74. The number of H-pyrrole nitrogens is 1. The van der Waals surface area contributed by atoms with E-state index in [2.05, 4.69) is 44.0 Å². The number of carbonyl (C=O) groups excluding carboxylic acids is 1. The summed E-state index contributed by atoms with van der Waals surface area (Å²) in [6, 6.07) is 17.4. The summed E-state index contributed by atoms with van der Waals surface area (Å²) in [5.74, 6) is 2.58. The summed E-state index contributed by atoms with van der Waals surface area (Å²) in [5, 5.41) is 2.21. The third kappa shape index (κ3) is 2.85. The molecule has 0 aliphatic carbocycles. The Labute approximate surface area is 158 Å². The maximum absolute atomic E-state index is 12.0. The van der Waals surface area contributed by atoms with E-state index in [0.717, 1.165) is 37.7 Å². The average Bonchev–Trinajstić information content (AvgIpc) is 3.09. The van der Waals surface area contributed by atoms with Crippen LogP contribution >= 0.6 is 15.9 Å². The predicted octanol–water partition coefficient (Wildman–Crippen LogP) is 4.94. The molecule has 0 atom stereocenters. The molecule has 1 N–H and O–H groups in total. The Morgan fingerprint density at radius 3 is 2.81 bits per heavy atom. The molecule has 1 aromatic heterocycles. The zero-order valence-corrected chi connectivity index (χ0v) is 15.2. The zero-order chi connectivity index (χ0) is 18.1. The molecule has 1 heterocycles. The van der Waals surface area contributed by atoms with Crippen molar-refractivity contribution in [3.05, 3.63) is 64.6 Å². The van der Waals surface area contributed by atoms with Crippen molar-refractivity contribution >= 4 is 43.7 Å². The molecule has 126 valence electrons. The number of hydrogen-bond donors (Lipinski definition) is 1. The number of aromatic nitrogens is 2. The van der Waals surface area contributed by atoms with Crippen LogP contribution < -0.4 is 0 Å². The van der Waals surface area contributed by atoms with Gasteiger partial charge in [-0.25, -0.2) is 9.78 Å². The Morgan fingerprint density at radius 2 is 1.96 bits per heavy atom. The van der Waals surface area contributed by atoms with E-state index < -0.39 is 5.97 Å². The standard InChI is InChI=1S/C21H13BrN2O2/c1-2-11-26-21(25)13-9-10-18-19(12-13)24-20(23-18)16-7-3-6-15-14(16)5-4-8-17(15)22/h1,3-10,12H,11H2,(H,23,24). The van der Waals surface area contributed by atoms with Gasteiger partial charge in [0.15, 0.2) is 6.61 Å². The molecule has 0 unspecified atom stereocenters. The Kier molecular flexibility index (Phi) is 4.19. The number of nitrogens with zero attached hydrogens (tertiary/aromatic N) is 1. The van der Waals surface area contributed by atoms with Gasteiger partial charge in [-0.2, -0.15) is 0 Å². The maximum atomic E-state index is 12.0. The maximum Gasteiger partial charge on any atom is 0.339 e.